The Kier molecular flexibility index (Phi) is 5.71. The second-order valence-electron chi connectivity index (χ2n) is 6.41. The number of hydrogen-bond acceptors (Lipinski definition) is 3. The molecule has 1 aliphatic heterocycles. The van der Waals surface area contributed by atoms with Gasteiger partial charge in [-0.15, -0.1) is 0 Å². The van der Waals surface area contributed by atoms with Gasteiger partial charge in [-0.25, -0.2) is 4.68 Å². The van der Waals surface area contributed by atoms with Gasteiger partial charge in [-0.2, -0.15) is 5.10 Å². The van der Waals surface area contributed by atoms with E-state index in [1.165, 1.54) is 5.56 Å². The Morgan fingerprint density at radius 1 is 1.32 bits per heavy atom. The number of ether oxygens (including phenoxy) is 1. The van der Waals surface area contributed by atoms with E-state index in [9.17, 15) is 0 Å². The first kappa shape index (κ1) is 17.5. The minimum atomic E-state index is 0.292. The number of hydrogen-bond donors (Lipinski definition) is 2. The van der Waals surface area contributed by atoms with Crippen molar-refractivity contribution in [2.24, 2.45) is 4.99 Å². The van der Waals surface area contributed by atoms with Gasteiger partial charge in [0.15, 0.2) is 5.96 Å². The Balaban J connectivity index is 1.65. The number of aryl methyl sites for hydroxylation is 2. The van der Waals surface area contributed by atoms with Crippen LogP contribution in [0.3, 0.4) is 0 Å². The van der Waals surface area contributed by atoms with Crippen LogP contribution in [0.25, 0.3) is 5.69 Å². The normalized spacial score (nSPS) is 17.7. The fourth-order valence-electron chi connectivity index (χ4n) is 3.16. The fourth-order valence-corrected chi connectivity index (χ4v) is 3.16. The van der Waals surface area contributed by atoms with E-state index in [-0.39, 0.29) is 0 Å². The molecular formula is C19H27N5O. The summed E-state index contributed by atoms with van der Waals surface area (Å²) in [5, 5.41) is 11.3. The van der Waals surface area contributed by atoms with E-state index >= 15 is 0 Å². The second kappa shape index (κ2) is 8.16. The molecule has 1 atom stereocenters. The predicted molar refractivity (Wildman–Crippen MR) is 100 cm³/mol. The number of benzene rings is 1. The van der Waals surface area contributed by atoms with Gasteiger partial charge in [0.05, 0.1) is 17.5 Å². The van der Waals surface area contributed by atoms with Crippen molar-refractivity contribution in [2.45, 2.75) is 39.3 Å². The zero-order chi connectivity index (χ0) is 17.6. The lowest BCUT2D eigenvalue weighted by molar-refractivity contribution is 0.114. The van der Waals surface area contributed by atoms with Crippen molar-refractivity contribution in [2.75, 3.05) is 20.2 Å². The highest BCUT2D eigenvalue weighted by Crippen LogP contribution is 2.17. The van der Waals surface area contributed by atoms with Crippen LogP contribution >= 0.6 is 0 Å². The molecule has 2 N–H and O–H groups in total. The van der Waals surface area contributed by atoms with E-state index in [1.807, 2.05) is 17.7 Å². The van der Waals surface area contributed by atoms with Crippen LogP contribution in [0.5, 0.6) is 0 Å². The summed E-state index contributed by atoms with van der Waals surface area (Å²) in [5.41, 5.74) is 4.42. The summed E-state index contributed by atoms with van der Waals surface area (Å²) in [4.78, 5) is 4.30. The lowest BCUT2D eigenvalue weighted by Gasteiger charge is -2.16. The van der Waals surface area contributed by atoms with Gasteiger partial charge >= 0.3 is 0 Å². The first-order valence-electron chi connectivity index (χ1n) is 8.85. The maximum atomic E-state index is 5.65. The molecule has 25 heavy (non-hydrogen) atoms. The number of nitrogens with zero attached hydrogens (tertiary/aromatic N) is 3. The average Bonchev–Trinajstić information content (AvgIpc) is 3.24. The molecule has 1 aromatic heterocycles. The second-order valence-corrected chi connectivity index (χ2v) is 6.41. The highest BCUT2D eigenvalue weighted by molar-refractivity contribution is 5.79. The third kappa shape index (κ3) is 4.39. The summed E-state index contributed by atoms with van der Waals surface area (Å²) in [6.07, 6.45) is 2.56. The fraction of sp³-hybridized carbons (Fsp3) is 0.474. The molecule has 0 amide bonds. The van der Waals surface area contributed by atoms with Crippen LogP contribution in [0.4, 0.5) is 0 Å². The molecule has 1 aliphatic rings. The van der Waals surface area contributed by atoms with Gasteiger partial charge in [-0.1, -0.05) is 18.2 Å². The Labute approximate surface area is 149 Å². The molecule has 0 aliphatic carbocycles. The van der Waals surface area contributed by atoms with Crippen molar-refractivity contribution in [1.82, 2.24) is 20.4 Å². The molecule has 3 rings (SSSR count). The van der Waals surface area contributed by atoms with Crippen LogP contribution in [-0.4, -0.2) is 42.0 Å². The quantitative estimate of drug-likeness (QED) is 0.647. The number of para-hydroxylation sites is 1. The molecule has 0 radical (unpaired) electrons. The molecule has 0 bridgehead atoms. The molecule has 0 spiro atoms. The van der Waals surface area contributed by atoms with Gasteiger partial charge in [-0.3, -0.25) is 4.99 Å². The van der Waals surface area contributed by atoms with Gasteiger partial charge in [0.2, 0.25) is 0 Å². The summed E-state index contributed by atoms with van der Waals surface area (Å²) in [7, 11) is 1.79. The number of aromatic nitrogens is 2. The van der Waals surface area contributed by atoms with Crippen LogP contribution in [0.15, 0.2) is 35.3 Å². The van der Waals surface area contributed by atoms with E-state index in [0.717, 1.165) is 49.0 Å². The summed E-state index contributed by atoms with van der Waals surface area (Å²) in [5.74, 6) is 0.790. The standard InChI is InChI=1S/C19H27N5O/c1-14-11-15(2)24(23-14)18-9-5-4-7-16(18)12-21-19(20-3)22-13-17-8-6-10-25-17/h4-5,7,9,11,17H,6,8,10,12-13H2,1-3H3,(H2,20,21,22). The number of aliphatic imine (C=N–C) groups is 1. The Hall–Kier alpha value is -2.34. The van der Waals surface area contributed by atoms with E-state index < -0.39 is 0 Å². The minimum Gasteiger partial charge on any atom is -0.376 e. The summed E-state index contributed by atoms with van der Waals surface area (Å²) in [6.45, 7) is 6.43. The maximum Gasteiger partial charge on any atom is 0.191 e. The molecule has 134 valence electrons. The Morgan fingerprint density at radius 3 is 2.84 bits per heavy atom. The summed E-state index contributed by atoms with van der Waals surface area (Å²) in [6, 6.07) is 10.4. The first-order chi connectivity index (χ1) is 12.2. The molecule has 6 heteroatoms. The number of rotatable bonds is 5. The highest BCUT2D eigenvalue weighted by atomic mass is 16.5. The summed E-state index contributed by atoms with van der Waals surface area (Å²) >= 11 is 0. The molecular weight excluding hydrogens is 314 g/mol. The van der Waals surface area contributed by atoms with Crippen LogP contribution < -0.4 is 10.6 Å². The lowest BCUT2D eigenvalue weighted by Crippen LogP contribution is -2.40. The average molecular weight is 341 g/mol. The van der Waals surface area contributed by atoms with Crippen molar-refractivity contribution in [1.29, 1.82) is 0 Å². The summed E-state index contributed by atoms with van der Waals surface area (Å²) < 4.78 is 7.64. The van der Waals surface area contributed by atoms with Crippen LogP contribution in [0.1, 0.15) is 29.8 Å². The van der Waals surface area contributed by atoms with Gasteiger partial charge in [-0.05, 0) is 44.4 Å². The number of nitrogens with one attached hydrogen (secondary N) is 2. The van der Waals surface area contributed by atoms with Gasteiger partial charge in [0.25, 0.3) is 0 Å². The zero-order valence-electron chi connectivity index (χ0n) is 15.2. The highest BCUT2D eigenvalue weighted by Gasteiger charge is 2.15. The van der Waals surface area contributed by atoms with Gasteiger partial charge in [0, 0.05) is 32.4 Å². The molecule has 1 unspecified atom stereocenters. The van der Waals surface area contributed by atoms with Crippen molar-refractivity contribution >= 4 is 5.96 Å². The first-order valence-corrected chi connectivity index (χ1v) is 8.85. The Morgan fingerprint density at radius 2 is 2.16 bits per heavy atom. The zero-order valence-corrected chi connectivity index (χ0v) is 15.2. The molecule has 6 nitrogen and oxygen atoms in total. The molecule has 1 saturated heterocycles. The van der Waals surface area contributed by atoms with E-state index in [0.29, 0.717) is 12.6 Å². The molecule has 2 heterocycles. The van der Waals surface area contributed by atoms with Crippen molar-refractivity contribution in [3.8, 4) is 5.69 Å². The van der Waals surface area contributed by atoms with Crippen molar-refractivity contribution in [3.63, 3.8) is 0 Å². The van der Waals surface area contributed by atoms with Crippen LogP contribution in [0.2, 0.25) is 0 Å². The molecule has 1 fully saturated rings. The topological polar surface area (TPSA) is 63.5 Å². The number of guanidine groups is 1. The minimum absolute atomic E-state index is 0.292. The third-order valence-corrected chi connectivity index (χ3v) is 4.42. The van der Waals surface area contributed by atoms with E-state index in [1.54, 1.807) is 7.05 Å². The van der Waals surface area contributed by atoms with Crippen molar-refractivity contribution in [3.05, 3.63) is 47.3 Å². The van der Waals surface area contributed by atoms with Gasteiger partial charge in [0.1, 0.15) is 0 Å². The molecule has 2 aromatic rings. The SMILES string of the molecule is CN=C(NCc1ccccc1-n1nc(C)cc1C)NCC1CCCO1. The lowest BCUT2D eigenvalue weighted by atomic mass is 10.1. The largest absolute Gasteiger partial charge is 0.376 e. The van der Waals surface area contributed by atoms with Crippen LogP contribution in [0, 0.1) is 13.8 Å². The van der Waals surface area contributed by atoms with E-state index in [4.69, 9.17) is 4.74 Å². The van der Waals surface area contributed by atoms with Crippen molar-refractivity contribution < 1.29 is 4.74 Å². The van der Waals surface area contributed by atoms with E-state index in [2.05, 4.69) is 51.9 Å². The monoisotopic (exact) mass is 341 g/mol. The maximum absolute atomic E-state index is 5.65. The Bertz CT molecular complexity index is 731. The predicted octanol–water partition coefficient (Wildman–Crippen LogP) is 2.33. The van der Waals surface area contributed by atoms with Crippen LogP contribution in [-0.2, 0) is 11.3 Å². The smallest absolute Gasteiger partial charge is 0.191 e. The molecule has 1 aromatic carbocycles. The molecule has 0 saturated carbocycles. The third-order valence-electron chi connectivity index (χ3n) is 4.42. The van der Waals surface area contributed by atoms with Gasteiger partial charge < -0.3 is 15.4 Å².